The summed E-state index contributed by atoms with van der Waals surface area (Å²) in [5.74, 6) is -0.455. The molecule has 0 aliphatic rings. The molecular weight excluding hydrogens is 488 g/mol. The summed E-state index contributed by atoms with van der Waals surface area (Å²) < 4.78 is 31.2. The van der Waals surface area contributed by atoms with Crippen LogP contribution in [0.4, 0.5) is 11.4 Å². The first-order valence-electron chi connectivity index (χ1n) is 11.4. The van der Waals surface area contributed by atoms with Gasteiger partial charge in [0.05, 0.1) is 24.0 Å². The molecule has 12 heteroatoms. The monoisotopic (exact) mass is 520 g/mol. The topological polar surface area (TPSA) is 139 Å². The van der Waals surface area contributed by atoms with E-state index in [0.29, 0.717) is 17.9 Å². The second kappa shape index (κ2) is 12.9. The summed E-state index contributed by atoms with van der Waals surface area (Å²) in [6.45, 7) is 3.38. The number of nitro groups is 1. The van der Waals surface area contributed by atoms with Crippen molar-refractivity contribution in [2.75, 3.05) is 30.8 Å². The molecule has 11 nitrogen and oxygen atoms in total. The molecule has 0 aliphatic carbocycles. The second-order valence-electron chi connectivity index (χ2n) is 8.24. The molecule has 0 spiro atoms. The number of benzene rings is 2. The molecule has 0 heterocycles. The van der Waals surface area contributed by atoms with E-state index in [1.165, 1.54) is 30.2 Å². The van der Waals surface area contributed by atoms with Gasteiger partial charge in [-0.15, -0.1) is 0 Å². The number of non-ortho nitro benzene ring substituents is 1. The lowest BCUT2D eigenvalue weighted by Gasteiger charge is -2.31. The molecule has 2 amide bonds. The van der Waals surface area contributed by atoms with Gasteiger partial charge in [0.2, 0.25) is 21.8 Å². The highest BCUT2D eigenvalue weighted by molar-refractivity contribution is 7.92. The number of methoxy groups -OCH3 is 1. The molecular formula is C24H32N4O7S. The lowest BCUT2D eigenvalue weighted by atomic mass is 10.1. The molecule has 36 heavy (non-hydrogen) atoms. The number of ether oxygens (including phenoxy) is 1. The van der Waals surface area contributed by atoms with Crippen LogP contribution < -0.4 is 14.4 Å². The van der Waals surface area contributed by atoms with Crippen LogP contribution in [0.15, 0.2) is 48.5 Å². The number of carbonyl (C=O) groups excluding carboxylic acids is 2. The molecule has 0 aliphatic heterocycles. The molecule has 2 rings (SSSR count). The molecule has 0 fully saturated rings. The van der Waals surface area contributed by atoms with Crippen molar-refractivity contribution in [2.24, 2.45) is 0 Å². The standard InChI is InChI=1S/C24H32N4O7S/c1-5-6-13-25-24(30)18(2)26(16-19-9-7-12-22(14-19)35-3)23(29)17-27(36(4,33)34)20-10-8-11-21(15-20)28(31)32/h7-12,14-15,18H,5-6,13,16-17H2,1-4H3,(H,25,30)/t18-/m0/s1. The van der Waals surface area contributed by atoms with Crippen LogP contribution >= 0.6 is 0 Å². The van der Waals surface area contributed by atoms with Crippen molar-refractivity contribution in [3.8, 4) is 5.75 Å². The Bertz CT molecular complexity index is 1190. The number of nitro benzene ring substituents is 1. The molecule has 0 unspecified atom stereocenters. The van der Waals surface area contributed by atoms with Gasteiger partial charge < -0.3 is 15.0 Å². The van der Waals surface area contributed by atoms with Crippen molar-refractivity contribution in [3.05, 3.63) is 64.2 Å². The highest BCUT2D eigenvalue weighted by Gasteiger charge is 2.30. The molecule has 2 aromatic carbocycles. The van der Waals surface area contributed by atoms with E-state index in [1.54, 1.807) is 31.2 Å². The molecule has 0 bridgehead atoms. The zero-order valence-corrected chi connectivity index (χ0v) is 21.7. The number of carbonyl (C=O) groups is 2. The number of rotatable bonds is 13. The SMILES string of the molecule is CCCCNC(=O)[C@H](C)N(Cc1cccc(OC)c1)C(=O)CN(c1cccc([N+](=O)[O-])c1)S(C)(=O)=O. The van der Waals surface area contributed by atoms with Crippen molar-refractivity contribution in [1.29, 1.82) is 0 Å². The van der Waals surface area contributed by atoms with Gasteiger partial charge in [0, 0.05) is 25.2 Å². The van der Waals surface area contributed by atoms with E-state index in [9.17, 15) is 28.1 Å². The van der Waals surface area contributed by atoms with Gasteiger partial charge in [-0.3, -0.25) is 24.0 Å². The summed E-state index contributed by atoms with van der Waals surface area (Å²) >= 11 is 0. The smallest absolute Gasteiger partial charge is 0.271 e. The number of amides is 2. The fourth-order valence-corrected chi connectivity index (χ4v) is 4.30. The van der Waals surface area contributed by atoms with Gasteiger partial charge in [-0.05, 0) is 37.1 Å². The lowest BCUT2D eigenvalue weighted by molar-refractivity contribution is -0.384. The number of hydrogen-bond donors (Lipinski definition) is 1. The zero-order valence-electron chi connectivity index (χ0n) is 20.8. The van der Waals surface area contributed by atoms with E-state index in [1.807, 2.05) is 6.92 Å². The minimum Gasteiger partial charge on any atom is -0.497 e. The molecule has 1 N–H and O–H groups in total. The highest BCUT2D eigenvalue weighted by atomic mass is 32.2. The van der Waals surface area contributed by atoms with Crippen LogP contribution in [0.2, 0.25) is 0 Å². The summed E-state index contributed by atoms with van der Waals surface area (Å²) in [4.78, 5) is 38.1. The van der Waals surface area contributed by atoms with Crippen LogP contribution in [0.3, 0.4) is 0 Å². The number of unbranched alkanes of at least 4 members (excludes halogenated alkanes) is 1. The Morgan fingerprint density at radius 2 is 1.86 bits per heavy atom. The molecule has 2 aromatic rings. The van der Waals surface area contributed by atoms with E-state index < -0.39 is 33.4 Å². The van der Waals surface area contributed by atoms with E-state index in [2.05, 4.69) is 5.32 Å². The van der Waals surface area contributed by atoms with Crippen LogP contribution in [0.5, 0.6) is 5.75 Å². The van der Waals surface area contributed by atoms with E-state index in [-0.39, 0.29) is 23.8 Å². The van der Waals surface area contributed by atoms with Crippen LogP contribution in [-0.2, 0) is 26.2 Å². The van der Waals surface area contributed by atoms with Crippen molar-refractivity contribution in [1.82, 2.24) is 10.2 Å². The van der Waals surface area contributed by atoms with Gasteiger partial charge in [-0.2, -0.15) is 0 Å². The molecule has 0 aromatic heterocycles. The third-order valence-electron chi connectivity index (χ3n) is 5.49. The second-order valence-corrected chi connectivity index (χ2v) is 10.1. The van der Waals surface area contributed by atoms with Crippen molar-refractivity contribution in [3.63, 3.8) is 0 Å². The number of anilines is 1. The van der Waals surface area contributed by atoms with E-state index in [4.69, 9.17) is 4.74 Å². The number of nitrogens with one attached hydrogen (secondary N) is 1. The summed E-state index contributed by atoms with van der Waals surface area (Å²) in [7, 11) is -2.48. The Morgan fingerprint density at radius 3 is 2.47 bits per heavy atom. The molecule has 0 saturated carbocycles. The molecule has 0 saturated heterocycles. The third kappa shape index (κ3) is 7.94. The van der Waals surface area contributed by atoms with Gasteiger partial charge in [-0.1, -0.05) is 31.5 Å². The van der Waals surface area contributed by atoms with E-state index in [0.717, 1.165) is 29.5 Å². The Kier molecular flexibility index (Phi) is 10.2. The maximum absolute atomic E-state index is 13.5. The van der Waals surface area contributed by atoms with Crippen molar-refractivity contribution in [2.45, 2.75) is 39.3 Å². The summed E-state index contributed by atoms with van der Waals surface area (Å²) in [5, 5.41) is 14.0. The van der Waals surface area contributed by atoms with Crippen LogP contribution in [-0.4, -0.2) is 62.6 Å². The molecule has 196 valence electrons. The van der Waals surface area contributed by atoms with E-state index >= 15 is 0 Å². The quantitative estimate of drug-likeness (QED) is 0.243. The normalized spacial score (nSPS) is 11.9. The van der Waals surface area contributed by atoms with Crippen LogP contribution in [0.25, 0.3) is 0 Å². The average Bonchev–Trinajstić information content (AvgIpc) is 2.84. The minimum absolute atomic E-state index is 0.0188. The maximum atomic E-state index is 13.5. The van der Waals surface area contributed by atoms with Gasteiger partial charge in [0.25, 0.3) is 5.69 Å². The Balaban J connectivity index is 2.40. The predicted octanol–water partition coefficient (Wildman–Crippen LogP) is 2.70. The Hall–Kier alpha value is -3.67. The third-order valence-corrected chi connectivity index (χ3v) is 6.63. The average molecular weight is 521 g/mol. The molecule has 1 atom stereocenters. The highest BCUT2D eigenvalue weighted by Crippen LogP contribution is 2.24. The largest absolute Gasteiger partial charge is 0.497 e. The number of sulfonamides is 1. The zero-order chi connectivity index (χ0) is 26.9. The first-order valence-corrected chi connectivity index (χ1v) is 13.2. The predicted molar refractivity (Wildman–Crippen MR) is 136 cm³/mol. The van der Waals surface area contributed by atoms with Gasteiger partial charge in [-0.25, -0.2) is 8.42 Å². The lowest BCUT2D eigenvalue weighted by Crippen LogP contribution is -2.51. The summed E-state index contributed by atoms with van der Waals surface area (Å²) in [5.41, 5.74) is 0.337. The summed E-state index contributed by atoms with van der Waals surface area (Å²) in [6.07, 6.45) is 2.57. The van der Waals surface area contributed by atoms with Crippen LogP contribution in [0, 0.1) is 10.1 Å². The van der Waals surface area contributed by atoms with Gasteiger partial charge in [0.1, 0.15) is 18.3 Å². The van der Waals surface area contributed by atoms with Crippen LogP contribution in [0.1, 0.15) is 32.3 Å². The number of nitrogens with zero attached hydrogens (tertiary/aromatic N) is 3. The molecule has 0 radical (unpaired) electrons. The first-order chi connectivity index (χ1) is 17.0. The Morgan fingerprint density at radius 1 is 1.17 bits per heavy atom. The van der Waals surface area contributed by atoms with Crippen molar-refractivity contribution >= 4 is 33.2 Å². The Labute approximate surface area is 211 Å². The summed E-state index contributed by atoms with van der Waals surface area (Å²) in [6, 6.07) is 11.1. The fraction of sp³-hybridized carbons (Fsp3) is 0.417. The first kappa shape index (κ1) is 28.6. The number of hydrogen-bond acceptors (Lipinski definition) is 7. The maximum Gasteiger partial charge on any atom is 0.271 e. The fourth-order valence-electron chi connectivity index (χ4n) is 3.46. The van der Waals surface area contributed by atoms with Gasteiger partial charge >= 0.3 is 0 Å². The van der Waals surface area contributed by atoms with Gasteiger partial charge in [0.15, 0.2) is 0 Å². The minimum atomic E-state index is -3.99. The van der Waals surface area contributed by atoms with Crippen molar-refractivity contribution < 1.29 is 27.7 Å².